The lowest BCUT2D eigenvalue weighted by Crippen LogP contribution is -2.51. The Bertz CT molecular complexity index is 309. The Morgan fingerprint density at radius 1 is 1.17 bits per heavy atom. The minimum absolute atomic E-state index is 0.173. The summed E-state index contributed by atoms with van der Waals surface area (Å²) in [5.74, 6) is 0.562. The highest BCUT2D eigenvalue weighted by molar-refractivity contribution is 5.77. The molecular formula is C12H20N2O4. The highest BCUT2D eigenvalue weighted by Crippen LogP contribution is 2.16. The number of carbonyl (C=O) groups excluding carboxylic acids is 2. The molecule has 0 bridgehead atoms. The molecule has 0 aromatic carbocycles. The lowest BCUT2D eigenvalue weighted by Gasteiger charge is -2.35. The first-order chi connectivity index (χ1) is 8.70. The monoisotopic (exact) mass is 256 g/mol. The van der Waals surface area contributed by atoms with Crippen molar-refractivity contribution in [1.29, 1.82) is 0 Å². The Morgan fingerprint density at radius 2 is 1.78 bits per heavy atom. The van der Waals surface area contributed by atoms with Gasteiger partial charge in [-0.1, -0.05) is 0 Å². The molecule has 2 amide bonds. The van der Waals surface area contributed by atoms with Crippen LogP contribution in [0.1, 0.15) is 13.3 Å². The predicted octanol–water partition coefficient (Wildman–Crippen LogP) is 0.324. The molecule has 0 aromatic heterocycles. The third-order valence-electron chi connectivity index (χ3n) is 3.33. The summed E-state index contributed by atoms with van der Waals surface area (Å²) in [5.41, 5.74) is 0. The van der Waals surface area contributed by atoms with E-state index in [-0.39, 0.29) is 12.0 Å². The maximum absolute atomic E-state index is 11.9. The summed E-state index contributed by atoms with van der Waals surface area (Å²) < 4.78 is 9.99. The molecule has 0 aliphatic carbocycles. The molecule has 102 valence electrons. The molecule has 6 heteroatoms. The summed E-state index contributed by atoms with van der Waals surface area (Å²) in [5, 5.41) is 0. The standard InChI is InChI=1S/C12H20N2O4/c1-2-18-12(16)14-5-3-13(4-6-14)11(15)7-10-8-17-9-10/h10H,2-9H2,1H3. The van der Waals surface area contributed by atoms with Crippen molar-refractivity contribution in [2.24, 2.45) is 5.92 Å². The first-order valence-corrected chi connectivity index (χ1v) is 6.48. The Morgan fingerprint density at radius 3 is 2.28 bits per heavy atom. The van der Waals surface area contributed by atoms with Gasteiger partial charge in [-0.05, 0) is 6.92 Å². The van der Waals surface area contributed by atoms with Gasteiger partial charge in [-0.25, -0.2) is 4.79 Å². The van der Waals surface area contributed by atoms with Crippen LogP contribution < -0.4 is 0 Å². The van der Waals surface area contributed by atoms with Crippen molar-refractivity contribution in [3.8, 4) is 0 Å². The zero-order valence-corrected chi connectivity index (χ0v) is 10.8. The Kier molecular flexibility index (Phi) is 4.41. The minimum Gasteiger partial charge on any atom is -0.450 e. The second-order valence-electron chi connectivity index (χ2n) is 4.67. The van der Waals surface area contributed by atoms with Gasteiger partial charge in [0.1, 0.15) is 0 Å². The number of nitrogens with zero attached hydrogens (tertiary/aromatic N) is 2. The van der Waals surface area contributed by atoms with Crippen LogP contribution in [0.4, 0.5) is 4.79 Å². The van der Waals surface area contributed by atoms with Gasteiger partial charge in [-0.15, -0.1) is 0 Å². The molecule has 2 fully saturated rings. The zero-order chi connectivity index (χ0) is 13.0. The number of rotatable bonds is 3. The molecule has 0 spiro atoms. The van der Waals surface area contributed by atoms with E-state index in [9.17, 15) is 9.59 Å². The molecule has 2 aliphatic heterocycles. The van der Waals surface area contributed by atoms with E-state index in [1.165, 1.54) is 0 Å². The quantitative estimate of drug-likeness (QED) is 0.730. The van der Waals surface area contributed by atoms with Gasteiger partial charge in [-0.2, -0.15) is 0 Å². The average Bonchev–Trinajstić information content (AvgIpc) is 2.34. The molecule has 6 nitrogen and oxygen atoms in total. The van der Waals surface area contributed by atoms with E-state index in [2.05, 4.69) is 0 Å². The summed E-state index contributed by atoms with van der Waals surface area (Å²) in [6, 6.07) is 0. The molecule has 0 radical (unpaired) electrons. The van der Waals surface area contributed by atoms with Crippen molar-refractivity contribution in [2.45, 2.75) is 13.3 Å². The molecule has 0 unspecified atom stereocenters. The Balaban J connectivity index is 1.71. The second kappa shape index (κ2) is 6.04. The highest BCUT2D eigenvalue weighted by atomic mass is 16.6. The second-order valence-corrected chi connectivity index (χ2v) is 4.67. The zero-order valence-electron chi connectivity index (χ0n) is 10.8. The van der Waals surface area contributed by atoms with E-state index in [1.54, 1.807) is 11.8 Å². The first kappa shape index (κ1) is 13.1. The summed E-state index contributed by atoms with van der Waals surface area (Å²) in [6.07, 6.45) is 0.288. The van der Waals surface area contributed by atoms with Crippen LogP contribution in [0.15, 0.2) is 0 Å². The van der Waals surface area contributed by atoms with E-state index in [4.69, 9.17) is 9.47 Å². The fraction of sp³-hybridized carbons (Fsp3) is 0.833. The predicted molar refractivity (Wildman–Crippen MR) is 64.1 cm³/mol. The highest BCUT2D eigenvalue weighted by Gasteiger charge is 2.28. The van der Waals surface area contributed by atoms with E-state index >= 15 is 0 Å². The lowest BCUT2D eigenvalue weighted by molar-refractivity contribution is -0.138. The number of hydrogen-bond acceptors (Lipinski definition) is 4. The van der Waals surface area contributed by atoms with E-state index < -0.39 is 0 Å². The van der Waals surface area contributed by atoms with Crippen LogP contribution in [0.3, 0.4) is 0 Å². The Hall–Kier alpha value is -1.30. The minimum atomic E-state index is -0.281. The van der Waals surface area contributed by atoms with Crippen LogP contribution in [0.5, 0.6) is 0 Å². The number of amides is 2. The molecular weight excluding hydrogens is 236 g/mol. The largest absolute Gasteiger partial charge is 0.450 e. The molecule has 0 atom stereocenters. The number of hydrogen-bond donors (Lipinski definition) is 0. The maximum atomic E-state index is 11.9. The van der Waals surface area contributed by atoms with Crippen molar-refractivity contribution in [3.05, 3.63) is 0 Å². The topological polar surface area (TPSA) is 59.1 Å². The van der Waals surface area contributed by atoms with Crippen LogP contribution in [0.25, 0.3) is 0 Å². The molecule has 2 heterocycles. The smallest absolute Gasteiger partial charge is 0.409 e. The molecule has 2 aliphatic rings. The summed E-state index contributed by atoms with van der Waals surface area (Å²) in [7, 11) is 0. The molecule has 2 saturated heterocycles. The van der Waals surface area contributed by atoms with E-state index in [0.717, 1.165) is 0 Å². The van der Waals surface area contributed by atoms with Gasteiger partial charge in [0.05, 0.1) is 19.8 Å². The normalized spacial score (nSPS) is 20.5. The fourth-order valence-electron chi connectivity index (χ4n) is 2.13. The number of ether oxygens (including phenoxy) is 2. The molecule has 2 rings (SSSR count). The van der Waals surface area contributed by atoms with Gasteiger partial charge in [0.2, 0.25) is 5.91 Å². The van der Waals surface area contributed by atoms with Crippen LogP contribution in [-0.2, 0) is 14.3 Å². The molecule has 0 N–H and O–H groups in total. The average molecular weight is 256 g/mol. The summed E-state index contributed by atoms with van der Waals surface area (Å²) in [6.45, 7) is 5.91. The third kappa shape index (κ3) is 3.13. The first-order valence-electron chi connectivity index (χ1n) is 6.48. The molecule has 0 aromatic rings. The fourth-order valence-corrected chi connectivity index (χ4v) is 2.13. The Labute approximate surface area is 107 Å². The van der Waals surface area contributed by atoms with Gasteiger partial charge in [-0.3, -0.25) is 4.79 Å². The van der Waals surface area contributed by atoms with Crippen molar-refractivity contribution in [3.63, 3.8) is 0 Å². The van der Waals surface area contributed by atoms with E-state index in [1.807, 2.05) is 4.90 Å². The lowest BCUT2D eigenvalue weighted by atomic mass is 10.0. The SMILES string of the molecule is CCOC(=O)N1CCN(C(=O)CC2COC2)CC1. The summed E-state index contributed by atoms with van der Waals surface area (Å²) >= 11 is 0. The number of piperazine rings is 1. The van der Waals surface area contributed by atoms with Crippen molar-refractivity contribution in [1.82, 2.24) is 9.80 Å². The van der Waals surface area contributed by atoms with Crippen LogP contribution in [-0.4, -0.2) is 67.8 Å². The van der Waals surface area contributed by atoms with Gasteiger partial charge >= 0.3 is 6.09 Å². The summed E-state index contributed by atoms with van der Waals surface area (Å²) in [4.78, 5) is 26.9. The van der Waals surface area contributed by atoms with Crippen molar-refractivity contribution < 1.29 is 19.1 Å². The number of carbonyl (C=O) groups is 2. The van der Waals surface area contributed by atoms with Gasteiger partial charge < -0.3 is 19.3 Å². The van der Waals surface area contributed by atoms with Crippen LogP contribution in [0.2, 0.25) is 0 Å². The van der Waals surface area contributed by atoms with Crippen molar-refractivity contribution >= 4 is 12.0 Å². The van der Waals surface area contributed by atoms with Crippen molar-refractivity contribution in [2.75, 3.05) is 46.0 Å². The van der Waals surface area contributed by atoms with E-state index in [0.29, 0.717) is 58.3 Å². The third-order valence-corrected chi connectivity index (χ3v) is 3.33. The van der Waals surface area contributed by atoms with Crippen LogP contribution >= 0.6 is 0 Å². The maximum Gasteiger partial charge on any atom is 0.409 e. The van der Waals surface area contributed by atoms with Gasteiger partial charge in [0.15, 0.2) is 0 Å². The van der Waals surface area contributed by atoms with Crippen LogP contribution in [0, 0.1) is 5.92 Å². The van der Waals surface area contributed by atoms with Gasteiger partial charge in [0.25, 0.3) is 0 Å². The molecule has 0 saturated carbocycles. The van der Waals surface area contributed by atoms with Gasteiger partial charge in [0, 0.05) is 38.5 Å². The molecule has 18 heavy (non-hydrogen) atoms.